The van der Waals surface area contributed by atoms with Crippen molar-refractivity contribution in [2.24, 2.45) is 0 Å². The van der Waals surface area contributed by atoms with E-state index < -0.39 is 16.4 Å². The molecule has 1 aromatic carbocycles. The highest BCUT2D eigenvalue weighted by Gasteiger charge is 2.09. The second-order valence-electron chi connectivity index (χ2n) is 3.55. The number of benzene rings is 1. The molecule has 0 aliphatic heterocycles. The SMILES string of the molecule is Cc1nc(SCc2ccc([O-])c([N+](=O)[O-])c2)n[nH]1. The first-order valence-electron chi connectivity index (χ1n) is 5.02. The largest absolute Gasteiger partial charge is 0.868 e. The van der Waals surface area contributed by atoms with Crippen LogP contribution in [0.25, 0.3) is 0 Å². The van der Waals surface area contributed by atoms with Crippen LogP contribution >= 0.6 is 11.8 Å². The summed E-state index contributed by atoms with van der Waals surface area (Å²) in [6, 6.07) is 4.06. The molecule has 8 heteroatoms. The zero-order valence-corrected chi connectivity index (χ0v) is 10.2. The second-order valence-corrected chi connectivity index (χ2v) is 4.49. The van der Waals surface area contributed by atoms with Crippen LogP contribution in [0.5, 0.6) is 5.75 Å². The average molecular weight is 265 g/mol. The molecule has 0 fully saturated rings. The Morgan fingerprint density at radius 3 is 2.89 bits per heavy atom. The van der Waals surface area contributed by atoms with E-state index in [9.17, 15) is 15.2 Å². The summed E-state index contributed by atoms with van der Waals surface area (Å²) in [5.74, 6) is 0.596. The lowest BCUT2D eigenvalue weighted by atomic mass is 10.2. The second kappa shape index (κ2) is 5.05. The van der Waals surface area contributed by atoms with Crippen LogP contribution in [-0.2, 0) is 5.75 Å². The van der Waals surface area contributed by atoms with Crippen molar-refractivity contribution in [2.45, 2.75) is 17.8 Å². The lowest BCUT2D eigenvalue weighted by Crippen LogP contribution is -1.98. The maximum absolute atomic E-state index is 11.2. The number of nitro groups is 1. The van der Waals surface area contributed by atoms with E-state index in [4.69, 9.17) is 0 Å². The van der Waals surface area contributed by atoms with Crippen LogP contribution in [0.3, 0.4) is 0 Å². The third-order valence-corrected chi connectivity index (χ3v) is 3.08. The van der Waals surface area contributed by atoms with E-state index in [2.05, 4.69) is 15.2 Å². The van der Waals surface area contributed by atoms with E-state index in [-0.39, 0.29) is 0 Å². The number of aromatic amines is 1. The molecule has 0 unspecified atom stereocenters. The molecule has 18 heavy (non-hydrogen) atoms. The third-order valence-electron chi connectivity index (χ3n) is 2.16. The van der Waals surface area contributed by atoms with Gasteiger partial charge in [-0.3, -0.25) is 15.2 Å². The van der Waals surface area contributed by atoms with Gasteiger partial charge in [0.15, 0.2) is 0 Å². The Balaban J connectivity index is 2.10. The zero-order chi connectivity index (χ0) is 13.1. The molecule has 0 saturated heterocycles. The highest BCUT2D eigenvalue weighted by Crippen LogP contribution is 2.27. The van der Waals surface area contributed by atoms with E-state index in [1.54, 1.807) is 13.0 Å². The highest BCUT2D eigenvalue weighted by molar-refractivity contribution is 7.98. The quantitative estimate of drug-likeness (QED) is 0.508. The summed E-state index contributed by atoms with van der Waals surface area (Å²) < 4.78 is 0. The summed E-state index contributed by atoms with van der Waals surface area (Å²) in [6.45, 7) is 1.79. The van der Waals surface area contributed by atoms with Gasteiger partial charge in [-0.1, -0.05) is 23.9 Å². The first-order valence-corrected chi connectivity index (χ1v) is 6.01. The predicted molar refractivity (Wildman–Crippen MR) is 63.2 cm³/mol. The Kier molecular flexibility index (Phi) is 3.47. The van der Waals surface area contributed by atoms with Gasteiger partial charge in [-0.2, -0.15) is 0 Å². The number of rotatable bonds is 4. The van der Waals surface area contributed by atoms with Crippen molar-refractivity contribution < 1.29 is 10.0 Å². The maximum Gasteiger partial charge on any atom is 0.262 e. The zero-order valence-electron chi connectivity index (χ0n) is 9.41. The minimum absolute atomic E-state index is 0.403. The van der Waals surface area contributed by atoms with Gasteiger partial charge in [-0.15, -0.1) is 5.10 Å². The number of H-pyrrole nitrogens is 1. The fourth-order valence-electron chi connectivity index (χ4n) is 1.33. The molecule has 0 bridgehead atoms. The molecule has 1 N–H and O–H groups in total. The molecular formula is C10H9N4O3S-. The number of hydrogen-bond acceptors (Lipinski definition) is 6. The van der Waals surface area contributed by atoms with Crippen LogP contribution in [0, 0.1) is 17.0 Å². The van der Waals surface area contributed by atoms with Crippen LogP contribution in [0.4, 0.5) is 5.69 Å². The molecule has 2 rings (SSSR count). The molecular weight excluding hydrogens is 256 g/mol. The Morgan fingerprint density at radius 2 is 2.28 bits per heavy atom. The smallest absolute Gasteiger partial charge is 0.262 e. The first-order chi connectivity index (χ1) is 8.56. The number of aryl methyl sites for hydroxylation is 1. The van der Waals surface area contributed by atoms with Gasteiger partial charge in [0.25, 0.3) is 5.69 Å². The van der Waals surface area contributed by atoms with Gasteiger partial charge in [0, 0.05) is 11.8 Å². The van der Waals surface area contributed by atoms with Gasteiger partial charge in [0.05, 0.1) is 4.92 Å². The molecule has 2 aromatic rings. The Morgan fingerprint density at radius 1 is 1.50 bits per heavy atom. The minimum atomic E-state index is -0.673. The van der Waals surface area contributed by atoms with E-state index >= 15 is 0 Å². The van der Waals surface area contributed by atoms with Crippen molar-refractivity contribution in [2.75, 3.05) is 0 Å². The fourth-order valence-corrected chi connectivity index (χ4v) is 2.12. The van der Waals surface area contributed by atoms with Gasteiger partial charge < -0.3 is 5.11 Å². The molecule has 0 radical (unpaired) electrons. The predicted octanol–water partition coefficient (Wildman–Crippen LogP) is 1.39. The van der Waals surface area contributed by atoms with Crippen LogP contribution in [0.1, 0.15) is 11.4 Å². The molecule has 0 aliphatic carbocycles. The molecule has 1 heterocycles. The van der Waals surface area contributed by atoms with Crippen molar-refractivity contribution in [3.8, 4) is 5.75 Å². The van der Waals surface area contributed by atoms with E-state index in [0.717, 1.165) is 0 Å². The van der Waals surface area contributed by atoms with Crippen molar-refractivity contribution in [1.82, 2.24) is 15.2 Å². The monoisotopic (exact) mass is 265 g/mol. The minimum Gasteiger partial charge on any atom is -0.868 e. The molecule has 0 aliphatic rings. The molecule has 94 valence electrons. The molecule has 0 amide bonds. The highest BCUT2D eigenvalue weighted by atomic mass is 32.2. The summed E-state index contributed by atoms with van der Waals surface area (Å²) in [6.07, 6.45) is 0. The number of hydrogen-bond donors (Lipinski definition) is 1. The lowest BCUT2D eigenvalue weighted by molar-refractivity contribution is -0.398. The Hall–Kier alpha value is -2.09. The van der Waals surface area contributed by atoms with Crippen molar-refractivity contribution in [3.05, 3.63) is 39.7 Å². The number of nitro benzene ring substituents is 1. The van der Waals surface area contributed by atoms with E-state index in [1.165, 1.54) is 23.9 Å². The number of aromatic nitrogens is 3. The van der Waals surface area contributed by atoms with E-state index in [0.29, 0.717) is 22.3 Å². The summed E-state index contributed by atoms with van der Waals surface area (Å²) in [5.41, 5.74) is 0.285. The van der Waals surface area contributed by atoms with Crippen LogP contribution in [-0.4, -0.2) is 20.1 Å². The molecule has 0 spiro atoms. The Labute approximate surface area is 106 Å². The Bertz CT molecular complexity index is 584. The summed E-state index contributed by atoms with van der Waals surface area (Å²) in [5, 5.41) is 29.0. The average Bonchev–Trinajstić information content (AvgIpc) is 2.74. The van der Waals surface area contributed by atoms with Gasteiger partial charge in [0.1, 0.15) is 5.82 Å². The van der Waals surface area contributed by atoms with Crippen molar-refractivity contribution in [3.63, 3.8) is 0 Å². The number of nitrogens with zero attached hydrogens (tertiary/aromatic N) is 3. The van der Waals surface area contributed by atoms with Gasteiger partial charge in [-0.05, 0) is 18.2 Å². The maximum atomic E-state index is 11.2. The molecule has 0 atom stereocenters. The van der Waals surface area contributed by atoms with Crippen LogP contribution < -0.4 is 5.11 Å². The van der Waals surface area contributed by atoms with Gasteiger partial charge in [-0.25, -0.2) is 4.98 Å². The number of thioether (sulfide) groups is 1. The first kappa shape index (κ1) is 12.4. The summed E-state index contributed by atoms with van der Waals surface area (Å²) >= 11 is 1.34. The standard InChI is InChI=1S/C10H10N4O3S/c1-6-11-10(13-12-6)18-5-7-2-3-9(15)8(4-7)14(16)17/h2-4,15H,5H2,1H3,(H,11,12,13)/p-1. The van der Waals surface area contributed by atoms with Crippen molar-refractivity contribution >= 4 is 17.4 Å². The van der Waals surface area contributed by atoms with Gasteiger partial charge >= 0.3 is 0 Å². The topological polar surface area (TPSA) is 108 Å². The summed E-state index contributed by atoms with van der Waals surface area (Å²) in [4.78, 5) is 14.0. The van der Waals surface area contributed by atoms with E-state index in [1.807, 2.05) is 0 Å². The molecule has 0 saturated carbocycles. The van der Waals surface area contributed by atoms with Crippen LogP contribution in [0.15, 0.2) is 23.4 Å². The lowest BCUT2D eigenvalue weighted by Gasteiger charge is -2.07. The van der Waals surface area contributed by atoms with Crippen molar-refractivity contribution in [1.29, 1.82) is 0 Å². The summed E-state index contributed by atoms with van der Waals surface area (Å²) in [7, 11) is 0. The normalized spacial score (nSPS) is 10.5. The third kappa shape index (κ3) is 2.77. The van der Waals surface area contributed by atoms with Gasteiger partial charge in [0.2, 0.25) is 5.16 Å². The van der Waals surface area contributed by atoms with Crippen LogP contribution in [0.2, 0.25) is 0 Å². The molecule has 7 nitrogen and oxygen atoms in total. The fraction of sp³-hybridized carbons (Fsp3) is 0.200. The molecule has 1 aromatic heterocycles. The number of nitrogens with one attached hydrogen (secondary N) is 1.